The van der Waals surface area contributed by atoms with Gasteiger partial charge in [-0.1, -0.05) is 43.2 Å². The van der Waals surface area contributed by atoms with Crippen molar-refractivity contribution in [3.8, 4) is 0 Å². The van der Waals surface area contributed by atoms with Crippen molar-refractivity contribution in [2.24, 2.45) is 0 Å². The molecule has 1 aliphatic carbocycles. The molecule has 2 fully saturated rings. The SMILES string of the molecule is Ic1ccccc1C1CN(c2nc(NC3CCCC3)c3ccccc3n2)CCS1. The van der Waals surface area contributed by atoms with E-state index in [4.69, 9.17) is 9.97 Å². The highest BCUT2D eigenvalue weighted by atomic mass is 127. The van der Waals surface area contributed by atoms with Gasteiger partial charge < -0.3 is 10.2 Å². The van der Waals surface area contributed by atoms with Gasteiger partial charge in [-0.05, 0) is 59.2 Å². The van der Waals surface area contributed by atoms with E-state index in [9.17, 15) is 0 Å². The molecule has 4 nitrogen and oxygen atoms in total. The van der Waals surface area contributed by atoms with Crippen molar-refractivity contribution >= 4 is 57.0 Å². The highest BCUT2D eigenvalue weighted by Gasteiger charge is 2.26. The number of hydrogen-bond donors (Lipinski definition) is 1. The molecule has 5 rings (SSSR count). The first-order chi connectivity index (χ1) is 14.3. The fourth-order valence-corrected chi connectivity index (χ4v) is 6.59. The third-order valence-electron chi connectivity index (χ3n) is 5.89. The Bertz CT molecular complexity index is 1010. The van der Waals surface area contributed by atoms with Crippen LogP contribution in [-0.4, -0.2) is 34.9 Å². The molecule has 2 aromatic carbocycles. The number of halogens is 1. The molecule has 2 aliphatic rings. The number of benzene rings is 2. The Hall–Kier alpha value is -1.54. The summed E-state index contributed by atoms with van der Waals surface area (Å²) < 4.78 is 1.34. The van der Waals surface area contributed by atoms with Crippen LogP contribution < -0.4 is 10.2 Å². The molecule has 29 heavy (non-hydrogen) atoms. The molecule has 1 unspecified atom stereocenters. The highest BCUT2D eigenvalue weighted by molar-refractivity contribution is 14.1. The minimum Gasteiger partial charge on any atom is -0.367 e. The standard InChI is InChI=1S/C23H25IN4S/c24-19-11-5-3-9-17(19)21-15-28(13-14-29-21)23-26-20-12-6-4-10-18(20)22(27-23)25-16-7-1-2-8-16/h3-6,9-12,16,21H,1-2,7-8,13-15H2,(H,25,26,27). The fourth-order valence-electron chi connectivity index (χ4n) is 4.33. The Kier molecular flexibility index (Phi) is 5.81. The molecular formula is C23H25IN4S. The molecule has 1 saturated heterocycles. The summed E-state index contributed by atoms with van der Waals surface area (Å²) in [5.74, 6) is 2.96. The Morgan fingerprint density at radius 1 is 1.00 bits per heavy atom. The summed E-state index contributed by atoms with van der Waals surface area (Å²) in [4.78, 5) is 12.4. The monoisotopic (exact) mass is 516 g/mol. The maximum Gasteiger partial charge on any atom is 0.227 e. The third-order valence-corrected chi connectivity index (χ3v) is 8.09. The van der Waals surface area contributed by atoms with Crippen molar-refractivity contribution in [2.75, 3.05) is 29.1 Å². The van der Waals surface area contributed by atoms with Gasteiger partial charge in [-0.3, -0.25) is 0 Å². The van der Waals surface area contributed by atoms with Gasteiger partial charge >= 0.3 is 0 Å². The average Bonchev–Trinajstić information content (AvgIpc) is 3.27. The first-order valence-electron chi connectivity index (χ1n) is 10.4. The molecular weight excluding hydrogens is 491 g/mol. The highest BCUT2D eigenvalue weighted by Crippen LogP contribution is 2.37. The molecule has 0 spiro atoms. The maximum absolute atomic E-state index is 5.03. The Balaban J connectivity index is 1.46. The summed E-state index contributed by atoms with van der Waals surface area (Å²) in [7, 11) is 0. The normalized spacial score (nSPS) is 20.3. The summed E-state index contributed by atoms with van der Waals surface area (Å²) in [6.45, 7) is 1.94. The van der Waals surface area contributed by atoms with Gasteiger partial charge in [0.15, 0.2) is 0 Å². The molecule has 6 heteroatoms. The quantitative estimate of drug-likeness (QED) is 0.439. The number of nitrogens with zero attached hydrogens (tertiary/aromatic N) is 3. The fraction of sp³-hybridized carbons (Fsp3) is 0.391. The van der Waals surface area contributed by atoms with Gasteiger partial charge in [0, 0.05) is 39.1 Å². The minimum atomic E-state index is 0.457. The van der Waals surface area contributed by atoms with Gasteiger partial charge in [0.1, 0.15) is 5.82 Å². The molecule has 0 radical (unpaired) electrons. The zero-order valence-electron chi connectivity index (χ0n) is 16.4. The summed E-state index contributed by atoms with van der Waals surface area (Å²) in [5, 5.41) is 5.32. The molecule has 1 saturated carbocycles. The van der Waals surface area contributed by atoms with Crippen LogP contribution in [0.2, 0.25) is 0 Å². The van der Waals surface area contributed by atoms with Crippen molar-refractivity contribution in [3.63, 3.8) is 0 Å². The van der Waals surface area contributed by atoms with Crippen LogP contribution in [0.25, 0.3) is 10.9 Å². The van der Waals surface area contributed by atoms with E-state index in [1.165, 1.54) is 34.8 Å². The molecule has 2 heterocycles. The average molecular weight is 516 g/mol. The number of aromatic nitrogens is 2. The molecule has 1 aliphatic heterocycles. The molecule has 0 amide bonds. The zero-order chi connectivity index (χ0) is 19.6. The van der Waals surface area contributed by atoms with E-state index >= 15 is 0 Å². The van der Waals surface area contributed by atoms with Gasteiger partial charge in [-0.2, -0.15) is 16.7 Å². The van der Waals surface area contributed by atoms with Crippen LogP contribution in [0.15, 0.2) is 48.5 Å². The van der Waals surface area contributed by atoms with Gasteiger partial charge in [-0.25, -0.2) is 4.98 Å². The second-order valence-corrected chi connectivity index (χ2v) is 10.3. The lowest BCUT2D eigenvalue weighted by molar-refractivity contribution is 0.737. The van der Waals surface area contributed by atoms with E-state index in [1.54, 1.807) is 0 Å². The van der Waals surface area contributed by atoms with Crippen LogP contribution in [-0.2, 0) is 0 Å². The predicted molar refractivity (Wildman–Crippen MR) is 132 cm³/mol. The van der Waals surface area contributed by atoms with Crippen LogP contribution >= 0.6 is 34.4 Å². The lowest BCUT2D eigenvalue weighted by Gasteiger charge is -2.33. The summed E-state index contributed by atoms with van der Waals surface area (Å²) in [6, 6.07) is 17.7. The van der Waals surface area contributed by atoms with Gasteiger partial charge in [-0.15, -0.1) is 0 Å². The minimum absolute atomic E-state index is 0.457. The molecule has 3 aromatic rings. The third kappa shape index (κ3) is 4.19. The Morgan fingerprint density at radius 2 is 1.79 bits per heavy atom. The molecule has 1 N–H and O–H groups in total. The van der Waals surface area contributed by atoms with Crippen LogP contribution in [0.3, 0.4) is 0 Å². The van der Waals surface area contributed by atoms with Crippen molar-refractivity contribution in [1.82, 2.24) is 9.97 Å². The van der Waals surface area contributed by atoms with E-state index in [2.05, 4.69) is 81.3 Å². The van der Waals surface area contributed by atoms with E-state index in [0.29, 0.717) is 11.3 Å². The molecule has 1 aromatic heterocycles. The lowest BCUT2D eigenvalue weighted by atomic mass is 10.1. The van der Waals surface area contributed by atoms with Crippen molar-refractivity contribution < 1.29 is 0 Å². The van der Waals surface area contributed by atoms with E-state index in [0.717, 1.165) is 41.5 Å². The predicted octanol–water partition coefficient (Wildman–Crippen LogP) is 5.88. The number of para-hydroxylation sites is 1. The number of anilines is 2. The van der Waals surface area contributed by atoms with E-state index in [-0.39, 0.29) is 0 Å². The van der Waals surface area contributed by atoms with E-state index < -0.39 is 0 Å². The second-order valence-electron chi connectivity index (χ2n) is 7.84. The van der Waals surface area contributed by atoms with Crippen LogP contribution in [0.4, 0.5) is 11.8 Å². The van der Waals surface area contributed by atoms with Crippen molar-refractivity contribution in [1.29, 1.82) is 0 Å². The molecule has 150 valence electrons. The summed E-state index contributed by atoms with van der Waals surface area (Å²) in [6.07, 6.45) is 5.10. The maximum atomic E-state index is 5.03. The Morgan fingerprint density at radius 3 is 2.66 bits per heavy atom. The number of nitrogens with one attached hydrogen (secondary N) is 1. The summed E-state index contributed by atoms with van der Waals surface area (Å²) >= 11 is 4.50. The smallest absolute Gasteiger partial charge is 0.227 e. The molecule has 1 atom stereocenters. The number of hydrogen-bond acceptors (Lipinski definition) is 5. The van der Waals surface area contributed by atoms with Crippen LogP contribution in [0, 0.1) is 3.57 Å². The first kappa shape index (κ1) is 19.4. The largest absolute Gasteiger partial charge is 0.367 e. The van der Waals surface area contributed by atoms with Gasteiger partial charge in [0.25, 0.3) is 0 Å². The van der Waals surface area contributed by atoms with Gasteiger partial charge in [0.05, 0.1) is 5.52 Å². The van der Waals surface area contributed by atoms with E-state index in [1.807, 2.05) is 11.8 Å². The van der Waals surface area contributed by atoms with Crippen LogP contribution in [0.5, 0.6) is 0 Å². The lowest BCUT2D eigenvalue weighted by Crippen LogP contribution is -2.36. The van der Waals surface area contributed by atoms with Crippen molar-refractivity contribution in [2.45, 2.75) is 37.0 Å². The van der Waals surface area contributed by atoms with Crippen molar-refractivity contribution in [3.05, 3.63) is 57.7 Å². The topological polar surface area (TPSA) is 41.1 Å². The number of thioether (sulfide) groups is 1. The summed E-state index contributed by atoms with van der Waals surface area (Å²) in [5.41, 5.74) is 2.45. The van der Waals surface area contributed by atoms with Gasteiger partial charge in [0.2, 0.25) is 5.95 Å². The van der Waals surface area contributed by atoms with Crippen LogP contribution in [0.1, 0.15) is 36.5 Å². The zero-order valence-corrected chi connectivity index (χ0v) is 19.3. The first-order valence-corrected chi connectivity index (χ1v) is 12.5. The Labute approximate surface area is 190 Å². The second kappa shape index (κ2) is 8.68. The molecule has 0 bridgehead atoms. The number of rotatable bonds is 4. The number of fused-ring (bicyclic) bond motifs is 1.